The number of piperidine rings is 1. The van der Waals surface area contributed by atoms with E-state index in [4.69, 9.17) is 4.74 Å². The van der Waals surface area contributed by atoms with Crippen LogP contribution in [0.15, 0.2) is 0 Å². The molecule has 0 bridgehead atoms. The summed E-state index contributed by atoms with van der Waals surface area (Å²) >= 11 is 0. The summed E-state index contributed by atoms with van der Waals surface area (Å²) < 4.78 is 5.69. The SMILES string of the molecule is CC.CC[C@H]1CN(CC2CCNCC2)CCO1. The number of nitrogens with one attached hydrogen (secondary N) is 1. The zero-order valence-electron chi connectivity index (χ0n) is 11.9. The van der Waals surface area contributed by atoms with Gasteiger partial charge in [-0.15, -0.1) is 0 Å². The predicted molar refractivity (Wildman–Crippen MR) is 73.4 cm³/mol. The van der Waals surface area contributed by atoms with Crippen molar-refractivity contribution in [3.05, 3.63) is 0 Å². The Morgan fingerprint density at radius 1 is 1.24 bits per heavy atom. The highest BCUT2D eigenvalue weighted by molar-refractivity contribution is 4.76. The zero-order valence-corrected chi connectivity index (χ0v) is 11.9. The molecule has 0 unspecified atom stereocenters. The van der Waals surface area contributed by atoms with E-state index in [9.17, 15) is 0 Å². The molecular formula is C14H30N2O. The summed E-state index contributed by atoms with van der Waals surface area (Å²) in [5.41, 5.74) is 0. The normalized spacial score (nSPS) is 27.4. The lowest BCUT2D eigenvalue weighted by Crippen LogP contribution is -2.45. The maximum Gasteiger partial charge on any atom is 0.0700 e. The van der Waals surface area contributed by atoms with E-state index >= 15 is 0 Å². The van der Waals surface area contributed by atoms with Gasteiger partial charge < -0.3 is 10.1 Å². The van der Waals surface area contributed by atoms with Gasteiger partial charge in [0.25, 0.3) is 0 Å². The summed E-state index contributed by atoms with van der Waals surface area (Å²) in [6.45, 7) is 13.2. The maximum absolute atomic E-state index is 5.69. The van der Waals surface area contributed by atoms with Gasteiger partial charge in [0.1, 0.15) is 0 Å². The zero-order chi connectivity index (χ0) is 12.5. The molecule has 3 heteroatoms. The first kappa shape index (κ1) is 14.9. The molecule has 0 aromatic rings. The van der Waals surface area contributed by atoms with Crippen molar-refractivity contribution in [3.8, 4) is 0 Å². The molecule has 2 aliphatic heterocycles. The summed E-state index contributed by atoms with van der Waals surface area (Å²) in [4.78, 5) is 2.60. The summed E-state index contributed by atoms with van der Waals surface area (Å²) in [6, 6.07) is 0. The second-order valence-electron chi connectivity index (χ2n) is 4.85. The molecule has 2 saturated heterocycles. The van der Waals surface area contributed by atoms with E-state index in [0.29, 0.717) is 6.10 Å². The number of rotatable bonds is 3. The first-order chi connectivity index (χ1) is 8.38. The lowest BCUT2D eigenvalue weighted by molar-refractivity contribution is -0.0351. The molecule has 0 aromatic carbocycles. The molecule has 2 aliphatic rings. The molecule has 1 N–H and O–H groups in total. The van der Waals surface area contributed by atoms with E-state index < -0.39 is 0 Å². The minimum absolute atomic E-state index is 0.487. The van der Waals surface area contributed by atoms with Crippen LogP contribution < -0.4 is 5.32 Å². The van der Waals surface area contributed by atoms with Gasteiger partial charge in [0.2, 0.25) is 0 Å². The Kier molecular flexibility index (Phi) is 7.82. The Bertz CT molecular complexity index is 181. The van der Waals surface area contributed by atoms with Crippen LogP contribution in [-0.2, 0) is 4.74 Å². The molecular weight excluding hydrogens is 212 g/mol. The highest BCUT2D eigenvalue weighted by Gasteiger charge is 2.22. The van der Waals surface area contributed by atoms with Crippen molar-refractivity contribution >= 4 is 0 Å². The largest absolute Gasteiger partial charge is 0.376 e. The van der Waals surface area contributed by atoms with Crippen molar-refractivity contribution in [3.63, 3.8) is 0 Å². The number of ether oxygens (including phenoxy) is 1. The van der Waals surface area contributed by atoms with Crippen LogP contribution in [0.3, 0.4) is 0 Å². The molecule has 102 valence electrons. The predicted octanol–water partition coefficient (Wildman–Crippen LogP) is 2.12. The highest BCUT2D eigenvalue weighted by atomic mass is 16.5. The van der Waals surface area contributed by atoms with Gasteiger partial charge in [-0.1, -0.05) is 20.8 Å². The third-order valence-corrected chi connectivity index (χ3v) is 3.65. The number of hydrogen-bond acceptors (Lipinski definition) is 3. The van der Waals surface area contributed by atoms with Gasteiger partial charge in [0.15, 0.2) is 0 Å². The van der Waals surface area contributed by atoms with Gasteiger partial charge in [-0.2, -0.15) is 0 Å². The van der Waals surface area contributed by atoms with E-state index in [2.05, 4.69) is 17.1 Å². The summed E-state index contributed by atoms with van der Waals surface area (Å²) in [5.74, 6) is 0.918. The van der Waals surface area contributed by atoms with Crippen LogP contribution in [0.5, 0.6) is 0 Å². The molecule has 17 heavy (non-hydrogen) atoms. The minimum Gasteiger partial charge on any atom is -0.376 e. The highest BCUT2D eigenvalue weighted by Crippen LogP contribution is 2.16. The second-order valence-corrected chi connectivity index (χ2v) is 4.85. The molecule has 0 radical (unpaired) electrons. The quantitative estimate of drug-likeness (QED) is 0.820. The van der Waals surface area contributed by atoms with Gasteiger partial charge in [0.05, 0.1) is 12.7 Å². The average Bonchev–Trinajstić information content (AvgIpc) is 2.42. The molecule has 0 saturated carbocycles. The molecule has 0 amide bonds. The lowest BCUT2D eigenvalue weighted by Gasteiger charge is -2.35. The lowest BCUT2D eigenvalue weighted by atomic mass is 9.97. The molecule has 1 atom stereocenters. The molecule has 0 aromatic heterocycles. The topological polar surface area (TPSA) is 24.5 Å². The smallest absolute Gasteiger partial charge is 0.0700 e. The first-order valence-electron chi connectivity index (χ1n) is 7.43. The minimum atomic E-state index is 0.487. The van der Waals surface area contributed by atoms with Crippen molar-refractivity contribution in [2.75, 3.05) is 39.3 Å². The standard InChI is InChI=1S/C12H24N2O.C2H6/c1-2-12-10-14(7-8-15-12)9-11-3-5-13-6-4-11;1-2/h11-13H,2-10H2,1H3;1-2H3/t12-;/m0./s1. The van der Waals surface area contributed by atoms with Crippen LogP contribution in [0.2, 0.25) is 0 Å². The Morgan fingerprint density at radius 3 is 2.59 bits per heavy atom. The van der Waals surface area contributed by atoms with Crippen LogP contribution in [0.25, 0.3) is 0 Å². The second kappa shape index (κ2) is 8.90. The fourth-order valence-corrected chi connectivity index (χ4v) is 2.62. The third-order valence-electron chi connectivity index (χ3n) is 3.65. The summed E-state index contributed by atoms with van der Waals surface area (Å²) in [6.07, 6.45) is 4.35. The van der Waals surface area contributed by atoms with Crippen LogP contribution in [-0.4, -0.2) is 50.3 Å². The summed E-state index contributed by atoms with van der Waals surface area (Å²) in [5, 5.41) is 3.43. The average molecular weight is 242 g/mol. The van der Waals surface area contributed by atoms with Crippen LogP contribution >= 0.6 is 0 Å². The molecule has 0 spiro atoms. The van der Waals surface area contributed by atoms with Crippen molar-refractivity contribution < 1.29 is 4.74 Å². The van der Waals surface area contributed by atoms with Gasteiger partial charge >= 0.3 is 0 Å². The fourth-order valence-electron chi connectivity index (χ4n) is 2.62. The Hall–Kier alpha value is -0.120. The summed E-state index contributed by atoms with van der Waals surface area (Å²) in [7, 11) is 0. The number of hydrogen-bond donors (Lipinski definition) is 1. The molecule has 0 aliphatic carbocycles. The van der Waals surface area contributed by atoms with Gasteiger partial charge in [-0.3, -0.25) is 4.90 Å². The van der Waals surface area contributed by atoms with E-state index in [1.807, 2.05) is 13.8 Å². The van der Waals surface area contributed by atoms with Gasteiger partial charge in [-0.25, -0.2) is 0 Å². The van der Waals surface area contributed by atoms with Crippen molar-refractivity contribution in [1.29, 1.82) is 0 Å². The van der Waals surface area contributed by atoms with E-state index in [1.165, 1.54) is 32.5 Å². The van der Waals surface area contributed by atoms with Crippen LogP contribution in [0.1, 0.15) is 40.0 Å². The van der Waals surface area contributed by atoms with E-state index in [-0.39, 0.29) is 0 Å². The molecule has 3 nitrogen and oxygen atoms in total. The number of morpholine rings is 1. The Balaban J connectivity index is 0.000000686. The third kappa shape index (κ3) is 5.36. The van der Waals surface area contributed by atoms with E-state index in [1.54, 1.807) is 0 Å². The van der Waals surface area contributed by atoms with Crippen LogP contribution in [0, 0.1) is 5.92 Å². The monoisotopic (exact) mass is 242 g/mol. The molecule has 2 heterocycles. The number of nitrogens with zero attached hydrogens (tertiary/aromatic N) is 1. The molecule has 2 fully saturated rings. The maximum atomic E-state index is 5.69. The van der Waals surface area contributed by atoms with Gasteiger partial charge in [0, 0.05) is 19.6 Å². The van der Waals surface area contributed by atoms with Gasteiger partial charge in [-0.05, 0) is 38.3 Å². The van der Waals surface area contributed by atoms with Crippen molar-refractivity contribution in [2.45, 2.75) is 46.1 Å². The Labute approximate surface area is 107 Å². The fraction of sp³-hybridized carbons (Fsp3) is 1.00. The first-order valence-corrected chi connectivity index (χ1v) is 7.43. The van der Waals surface area contributed by atoms with Crippen LogP contribution in [0.4, 0.5) is 0 Å². The molecule has 2 rings (SSSR count). The van der Waals surface area contributed by atoms with Crippen molar-refractivity contribution in [1.82, 2.24) is 10.2 Å². The van der Waals surface area contributed by atoms with E-state index in [0.717, 1.165) is 32.0 Å². The van der Waals surface area contributed by atoms with Crippen molar-refractivity contribution in [2.24, 2.45) is 5.92 Å². The Morgan fingerprint density at radius 2 is 1.94 bits per heavy atom.